The third-order valence-electron chi connectivity index (χ3n) is 2.25. The van der Waals surface area contributed by atoms with E-state index in [-0.39, 0.29) is 23.4 Å². The molecule has 0 saturated heterocycles. The second-order valence-corrected chi connectivity index (χ2v) is 5.34. The van der Waals surface area contributed by atoms with Gasteiger partial charge in [0.1, 0.15) is 0 Å². The van der Waals surface area contributed by atoms with Crippen molar-refractivity contribution in [3.05, 3.63) is 29.8 Å². The Labute approximate surface area is 110 Å². The quantitative estimate of drug-likeness (QED) is 0.692. The predicted molar refractivity (Wildman–Crippen MR) is 66.8 cm³/mol. The van der Waals surface area contributed by atoms with E-state index >= 15 is 0 Å². The van der Waals surface area contributed by atoms with Crippen molar-refractivity contribution >= 4 is 21.9 Å². The molecule has 0 aliphatic carbocycles. The van der Waals surface area contributed by atoms with Crippen molar-refractivity contribution < 1.29 is 22.7 Å². The van der Waals surface area contributed by atoms with Gasteiger partial charge >= 0.3 is 5.97 Å². The number of nitrogens with one attached hydrogen (secondary N) is 1. The van der Waals surface area contributed by atoms with Crippen LogP contribution in [0.15, 0.2) is 29.2 Å². The van der Waals surface area contributed by atoms with Crippen molar-refractivity contribution in [1.82, 2.24) is 4.72 Å². The van der Waals surface area contributed by atoms with Gasteiger partial charge in [0, 0.05) is 13.0 Å². The van der Waals surface area contributed by atoms with Crippen LogP contribution in [0.4, 0.5) is 0 Å². The number of hydrogen-bond donors (Lipinski definition) is 2. The van der Waals surface area contributed by atoms with Crippen molar-refractivity contribution in [3.63, 3.8) is 0 Å². The maximum absolute atomic E-state index is 12.0. The Morgan fingerprint density at radius 3 is 2.53 bits per heavy atom. The summed E-state index contributed by atoms with van der Waals surface area (Å²) in [5, 5.41) is 0. The van der Waals surface area contributed by atoms with E-state index in [2.05, 4.69) is 9.46 Å². The smallest absolute Gasteiger partial charge is 0.339 e. The summed E-state index contributed by atoms with van der Waals surface area (Å²) in [6.45, 7) is -0.132. The van der Waals surface area contributed by atoms with Gasteiger partial charge in [0.25, 0.3) is 0 Å². The molecule has 3 N–H and O–H groups in total. The zero-order valence-electron chi connectivity index (χ0n) is 10.3. The van der Waals surface area contributed by atoms with Crippen LogP contribution < -0.4 is 10.5 Å². The molecule has 0 aliphatic heterocycles. The number of rotatable bonds is 6. The lowest BCUT2D eigenvalue weighted by atomic mass is 10.2. The van der Waals surface area contributed by atoms with Gasteiger partial charge < -0.3 is 10.5 Å². The predicted octanol–water partition coefficient (Wildman–Crippen LogP) is -0.373. The van der Waals surface area contributed by atoms with E-state index in [9.17, 15) is 18.0 Å². The second-order valence-electron chi connectivity index (χ2n) is 3.60. The molecule has 1 amide bonds. The van der Waals surface area contributed by atoms with Crippen molar-refractivity contribution in [3.8, 4) is 0 Å². The van der Waals surface area contributed by atoms with Gasteiger partial charge in [0.15, 0.2) is 0 Å². The summed E-state index contributed by atoms with van der Waals surface area (Å²) in [6.07, 6.45) is -0.125. The number of carbonyl (C=O) groups is 2. The lowest BCUT2D eigenvalue weighted by molar-refractivity contribution is -0.117. The number of benzene rings is 1. The Morgan fingerprint density at radius 1 is 1.32 bits per heavy atom. The minimum atomic E-state index is -3.90. The number of hydrogen-bond acceptors (Lipinski definition) is 5. The number of methoxy groups -OCH3 is 1. The number of carbonyl (C=O) groups excluding carboxylic acids is 2. The summed E-state index contributed by atoms with van der Waals surface area (Å²) >= 11 is 0. The molecule has 8 heteroatoms. The minimum Gasteiger partial charge on any atom is -0.465 e. The number of sulfonamides is 1. The first-order chi connectivity index (χ1) is 8.88. The van der Waals surface area contributed by atoms with E-state index in [1.165, 1.54) is 24.3 Å². The van der Waals surface area contributed by atoms with Gasteiger partial charge in [-0.1, -0.05) is 12.1 Å². The molecule has 0 heterocycles. The van der Waals surface area contributed by atoms with Gasteiger partial charge in [0.05, 0.1) is 17.6 Å². The molecule has 7 nitrogen and oxygen atoms in total. The molecular formula is C11H14N2O5S. The third-order valence-corrected chi connectivity index (χ3v) is 3.76. The maximum atomic E-state index is 12.0. The monoisotopic (exact) mass is 286 g/mol. The highest BCUT2D eigenvalue weighted by Crippen LogP contribution is 2.16. The fourth-order valence-electron chi connectivity index (χ4n) is 1.37. The lowest BCUT2D eigenvalue weighted by Crippen LogP contribution is -2.29. The van der Waals surface area contributed by atoms with Crippen LogP contribution in [0.25, 0.3) is 0 Å². The van der Waals surface area contributed by atoms with Crippen LogP contribution in [-0.4, -0.2) is 33.9 Å². The summed E-state index contributed by atoms with van der Waals surface area (Å²) in [6, 6.07) is 5.62. The maximum Gasteiger partial charge on any atom is 0.339 e. The first kappa shape index (κ1) is 15.1. The van der Waals surface area contributed by atoms with E-state index in [4.69, 9.17) is 5.73 Å². The fourth-order valence-corrected chi connectivity index (χ4v) is 2.59. The zero-order valence-corrected chi connectivity index (χ0v) is 11.1. The molecule has 0 radical (unpaired) electrons. The van der Waals surface area contributed by atoms with Crippen LogP contribution in [0.2, 0.25) is 0 Å². The summed E-state index contributed by atoms with van der Waals surface area (Å²) < 4.78 is 30.7. The van der Waals surface area contributed by atoms with E-state index in [0.29, 0.717) is 0 Å². The van der Waals surface area contributed by atoms with Crippen molar-refractivity contribution in [2.45, 2.75) is 11.3 Å². The number of ether oxygens (including phenoxy) is 1. The Hall–Kier alpha value is -1.93. The second kappa shape index (κ2) is 6.30. The molecule has 0 aliphatic rings. The SMILES string of the molecule is COC(=O)c1ccccc1S(=O)(=O)NCCC(N)=O. The van der Waals surface area contributed by atoms with E-state index < -0.39 is 21.9 Å². The first-order valence-electron chi connectivity index (χ1n) is 5.34. The summed E-state index contributed by atoms with van der Waals surface area (Å²) in [4.78, 5) is 21.8. The van der Waals surface area contributed by atoms with Crippen LogP contribution in [0, 0.1) is 0 Å². The van der Waals surface area contributed by atoms with Gasteiger partial charge in [-0.15, -0.1) is 0 Å². The van der Waals surface area contributed by atoms with Crippen LogP contribution in [0.1, 0.15) is 16.8 Å². The fraction of sp³-hybridized carbons (Fsp3) is 0.273. The van der Waals surface area contributed by atoms with Gasteiger partial charge in [-0.3, -0.25) is 4.79 Å². The minimum absolute atomic E-state index is 0.0726. The standard InChI is InChI=1S/C11H14N2O5S/c1-18-11(15)8-4-2-3-5-9(8)19(16,17)13-7-6-10(12)14/h2-5,13H,6-7H2,1H3,(H2,12,14). The zero-order chi connectivity index (χ0) is 14.5. The summed E-state index contributed by atoms with van der Waals surface area (Å²) in [7, 11) is -2.74. The summed E-state index contributed by atoms with van der Waals surface area (Å²) in [5.41, 5.74) is 4.84. The largest absolute Gasteiger partial charge is 0.465 e. The molecule has 1 aromatic rings. The molecule has 0 unspecified atom stereocenters. The number of amides is 1. The van der Waals surface area contributed by atoms with Crippen molar-refractivity contribution in [2.75, 3.05) is 13.7 Å². The molecule has 0 bridgehead atoms. The van der Waals surface area contributed by atoms with Crippen LogP contribution in [0.3, 0.4) is 0 Å². The Bertz CT molecular complexity index is 583. The molecule has 1 aromatic carbocycles. The molecule has 0 atom stereocenters. The highest BCUT2D eigenvalue weighted by molar-refractivity contribution is 7.89. The number of nitrogens with two attached hydrogens (primary N) is 1. The van der Waals surface area contributed by atoms with Gasteiger partial charge in [-0.25, -0.2) is 17.9 Å². The topological polar surface area (TPSA) is 116 Å². The Morgan fingerprint density at radius 2 is 1.95 bits per heavy atom. The van der Waals surface area contributed by atoms with E-state index in [0.717, 1.165) is 7.11 Å². The molecule has 104 valence electrons. The van der Waals surface area contributed by atoms with Crippen LogP contribution >= 0.6 is 0 Å². The number of primary amides is 1. The molecule has 0 fully saturated rings. The molecule has 0 aromatic heterocycles. The Balaban J connectivity index is 3.01. The molecule has 0 saturated carbocycles. The molecule has 19 heavy (non-hydrogen) atoms. The lowest BCUT2D eigenvalue weighted by Gasteiger charge is -2.09. The first-order valence-corrected chi connectivity index (χ1v) is 6.82. The van der Waals surface area contributed by atoms with Crippen LogP contribution in [0.5, 0.6) is 0 Å². The third kappa shape index (κ3) is 4.04. The van der Waals surface area contributed by atoms with Gasteiger partial charge in [0.2, 0.25) is 15.9 Å². The van der Waals surface area contributed by atoms with Crippen molar-refractivity contribution in [2.24, 2.45) is 5.73 Å². The van der Waals surface area contributed by atoms with Crippen molar-refractivity contribution in [1.29, 1.82) is 0 Å². The highest BCUT2D eigenvalue weighted by atomic mass is 32.2. The highest BCUT2D eigenvalue weighted by Gasteiger charge is 2.22. The molecule has 1 rings (SSSR count). The average molecular weight is 286 g/mol. The average Bonchev–Trinajstić information content (AvgIpc) is 2.37. The van der Waals surface area contributed by atoms with Gasteiger partial charge in [-0.2, -0.15) is 0 Å². The molecule has 0 spiro atoms. The molecular weight excluding hydrogens is 272 g/mol. The Kier molecular flexibility index (Phi) is 5.02. The summed E-state index contributed by atoms with van der Waals surface area (Å²) in [5.74, 6) is -1.38. The van der Waals surface area contributed by atoms with Gasteiger partial charge in [-0.05, 0) is 12.1 Å². The number of esters is 1. The van der Waals surface area contributed by atoms with E-state index in [1.54, 1.807) is 0 Å². The van der Waals surface area contributed by atoms with Crippen LogP contribution in [-0.2, 0) is 19.6 Å². The van der Waals surface area contributed by atoms with E-state index in [1.807, 2.05) is 0 Å². The normalized spacial score (nSPS) is 11.0.